The highest BCUT2D eigenvalue weighted by Crippen LogP contribution is 2.40. The molecule has 9 aliphatic heterocycles. The van der Waals surface area contributed by atoms with Crippen LogP contribution in [0.5, 0.6) is 18.0 Å². The summed E-state index contributed by atoms with van der Waals surface area (Å²) in [6, 6.07) is 31.1. The van der Waals surface area contributed by atoms with Crippen LogP contribution < -0.4 is 43.6 Å². The second kappa shape index (κ2) is 42.8. The molecule has 29 nitrogen and oxygen atoms in total. The summed E-state index contributed by atoms with van der Waals surface area (Å²) in [6.07, 6.45) is 18.8. The van der Waals surface area contributed by atoms with E-state index in [1.807, 2.05) is 61.1 Å². The first-order valence-corrected chi connectivity index (χ1v) is 43.4. The number of fused-ring (bicyclic) bond motifs is 6. The van der Waals surface area contributed by atoms with Gasteiger partial charge in [-0.05, 0) is 158 Å². The van der Waals surface area contributed by atoms with Crippen LogP contribution in [0.15, 0.2) is 148 Å². The Morgan fingerprint density at radius 2 is 0.827 bits per heavy atom. The molecule has 0 saturated carbocycles. The van der Waals surface area contributed by atoms with Crippen molar-refractivity contribution in [2.75, 3.05) is 188 Å². The molecule has 9 aliphatic rings. The molecule has 0 N–H and O–H groups in total. The van der Waals surface area contributed by atoms with Gasteiger partial charge in [0, 0.05) is 153 Å². The van der Waals surface area contributed by atoms with E-state index in [-0.39, 0.29) is 102 Å². The topological polar surface area (TPSA) is 234 Å². The molecule has 0 aliphatic carbocycles. The van der Waals surface area contributed by atoms with Crippen molar-refractivity contribution in [2.45, 2.75) is 114 Å². The van der Waals surface area contributed by atoms with Crippen LogP contribution in [0.2, 0.25) is 0 Å². The number of aromatic nitrogens is 8. The van der Waals surface area contributed by atoms with Gasteiger partial charge in [-0.2, -0.15) is 70.4 Å². The fourth-order valence-electron chi connectivity index (χ4n) is 19.2. The molecule has 33 heteroatoms. The Hall–Kier alpha value is -11.6. The highest BCUT2D eigenvalue weighted by atomic mass is 32.1. The summed E-state index contributed by atoms with van der Waals surface area (Å²) in [6.45, 7) is 48.0. The lowest BCUT2D eigenvalue weighted by molar-refractivity contribution is -0.129. The lowest BCUT2D eigenvalue weighted by Gasteiger charge is -2.41. The molecule has 666 valence electrons. The highest BCUT2D eigenvalue weighted by molar-refractivity contribution is 7.59. The molecular formula is C94H114FN23O6S3. The minimum absolute atomic E-state index is 0. The quantitative estimate of drug-likeness (QED) is 0.0480. The lowest BCUT2D eigenvalue weighted by Crippen LogP contribution is -2.56. The van der Waals surface area contributed by atoms with Crippen molar-refractivity contribution in [1.29, 1.82) is 0 Å². The third-order valence-corrected chi connectivity index (χ3v) is 26.0. The largest absolute Gasteiger partial charge is 0.462 e. The molecule has 18 rings (SSSR count). The van der Waals surface area contributed by atoms with Crippen molar-refractivity contribution >= 4 is 125 Å². The van der Waals surface area contributed by atoms with E-state index in [1.165, 1.54) is 42.5 Å². The SMILES string of the molecule is S.S.S.[C-]#[N+]CC1CN(c2nc(OC[C@@H]3CCCN3C)nc3c2CCN(c2cccc4cc(F)ccc24)C3)CCN1C(=O)C=C.[C-]#[N+]CC1CN(c2nc(OC[C@@H]3CCCN3C)nc3c2CCN(c2cncc4ccccc24)C3)CCN1C(=O)C=C.[C-]#[N+]CC1CN(c2nc(OC[C@@H]3CCCN3C)nc3c2CCN(c2nccc4ccccc24)C3)CCN1C(=O)C=C. The highest BCUT2D eigenvalue weighted by Gasteiger charge is 2.40. The van der Waals surface area contributed by atoms with Crippen molar-refractivity contribution in [2.24, 2.45) is 0 Å². The van der Waals surface area contributed by atoms with Crippen molar-refractivity contribution in [3.05, 3.63) is 221 Å². The van der Waals surface area contributed by atoms with Crippen LogP contribution in [-0.4, -0.2) is 282 Å². The molecule has 9 aromatic rings. The molecule has 6 saturated heterocycles. The maximum Gasteiger partial charge on any atom is 0.318 e. The summed E-state index contributed by atoms with van der Waals surface area (Å²) in [4.78, 5) is 113. The maximum atomic E-state index is 14.0. The molecular weight excluding hydrogens is 1660 g/mol. The summed E-state index contributed by atoms with van der Waals surface area (Å²) in [7, 11) is 6.39. The first-order chi connectivity index (χ1) is 60.5. The third-order valence-electron chi connectivity index (χ3n) is 26.0. The molecule has 6 fully saturated rings. The third kappa shape index (κ3) is 20.8. The van der Waals surface area contributed by atoms with Crippen LogP contribution in [-0.2, 0) is 53.3 Å². The van der Waals surface area contributed by atoms with Crippen molar-refractivity contribution in [3.8, 4) is 18.0 Å². The van der Waals surface area contributed by atoms with Crippen LogP contribution in [0.3, 0.4) is 0 Å². The fraction of sp³-hybridized carbons (Fsp3) is 0.447. The predicted octanol–water partition coefficient (Wildman–Crippen LogP) is 10.6. The number of carbonyl (C=O) groups is 3. The number of benzene rings is 4. The summed E-state index contributed by atoms with van der Waals surface area (Å²) in [5.41, 5.74) is 8.24. The number of nitrogens with zero attached hydrogens (tertiary/aromatic N) is 23. The summed E-state index contributed by atoms with van der Waals surface area (Å²) in [5, 5.41) is 6.44. The van der Waals surface area contributed by atoms with Gasteiger partial charge in [-0.15, -0.1) is 0 Å². The van der Waals surface area contributed by atoms with E-state index in [9.17, 15) is 18.8 Å². The number of hydrogen-bond donors (Lipinski definition) is 0. The summed E-state index contributed by atoms with van der Waals surface area (Å²) < 4.78 is 32.7. The van der Waals surface area contributed by atoms with Crippen LogP contribution in [0.4, 0.5) is 39.0 Å². The minimum atomic E-state index is -0.250. The predicted molar refractivity (Wildman–Crippen MR) is 510 cm³/mol. The molecule has 3 amide bonds. The van der Waals surface area contributed by atoms with Gasteiger partial charge in [-0.3, -0.25) is 19.4 Å². The maximum absolute atomic E-state index is 14.0. The molecule has 3 unspecified atom stereocenters. The van der Waals surface area contributed by atoms with Crippen LogP contribution in [0, 0.1) is 25.5 Å². The average molecular weight is 1780 g/mol. The zero-order chi connectivity index (χ0) is 85.9. The molecule has 14 heterocycles. The smallest absolute Gasteiger partial charge is 0.318 e. The molecule has 127 heavy (non-hydrogen) atoms. The Morgan fingerprint density at radius 3 is 1.26 bits per heavy atom. The van der Waals surface area contributed by atoms with E-state index in [0.717, 1.165) is 180 Å². The Morgan fingerprint density at radius 1 is 0.425 bits per heavy atom. The van der Waals surface area contributed by atoms with Gasteiger partial charge in [-0.1, -0.05) is 80.4 Å². The molecule has 6 atom stereocenters. The summed E-state index contributed by atoms with van der Waals surface area (Å²) in [5.74, 6) is 2.84. The number of carbonyl (C=O) groups excluding carboxylic acids is 3. The first-order valence-electron chi connectivity index (χ1n) is 43.4. The molecule has 0 bridgehead atoms. The van der Waals surface area contributed by atoms with Crippen LogP contribution >= 0.6 is 40.5 Å². The van der Waals surface area contributed by atoms with Gasteiger partial charge in [0.25, 0.3) is 0 Å². The van der Waals surface area contributed by atoms with Crippen LogP contribution in [0.25, 0.3) is 46.9 Å². The number of amides is 3. The zero-order valence-corrected chi connectivity index (χ0v) is 75.7. The second-order valence-corrected chi connectivity index (χ2v) is 33.4. The number of piperazine rings is 3. The van der Waals surface area contributed by atoms with E-state index in [2.05, 4.69) is 141 Å². The second-order valence-electron chi connectivity index (χ2n) is 33.4. The Kier molecular flexibility index (Phi) is 31.3. The Balaban J connectivity index is 0.000000161. The lowest BCUT2D eigenvalue weighted by atomic mass is 10.0. The van der Waals surface area contributed by atoms with Gasteiger partial charge >= 0.3 is 18.0 Å². The van der Waals surface area contributed by atoms with Gasteiger partial charge in [0.2, 0.25) is 37.4 Å². The van der Waals surface area contributed by atoms with Crippen molar-refractivity contribution < 1.29 is 33.0 Å². The number of anilines is 6. The number of likely N-dealkylation sites (tertiary alicyclic amines) is 3. The van der Waals surface area contributed by atoms with E-state index in [4.69, 9.17) is 68.8 Å². The van der Waals surface area contributed by atoms with E-state index < -0.39 is 0 Å². The molecule has 0 radical (unpaired) electrons. The van der Waals surface area contributed by atoms with Gasteiger partial charge in [0.05, 0.1) is 48.6 Å². The normalized spacial score (nSPS) is 20.5. The first kappa shape index (κ1) is 93.0. The summed E-state index contributed by atoms with van der Waals surface area (Å²) >= 11 is 0. The van der Waals surface area contributed by atoms with Gasteiger partial charge < -0.3 is 87.5 Å². The Bertz CT molecular complexity index is 5370. The zero-order valence-electron chi connectivity index (χ0n) is 72.7. The van der Waals surface area contributed by atoms with Gasteiger partial charge in [0.1, 0.15) is 67.0 Å². The van der Waals surface area contributed by atoms with Crippen molar-refractivity contribution in [3.63, 3.8) is 0 Å². The van der Waals surface area contributed by atoms with Crippen LogP contribution in [0.1, 0.15) is 72.3 Å². The number of rotatable bonds is 21. The number of pyridine rings is 2. The van der Waals surface area contributed by atoms with E-state index >= 15 is 0 Å². The number of ether oxygens (including phenoxy) is 3. The standard InChI is InChI=1S/C32H36FN7O2.2C31H36N8O2.3H2S/c1-4-30(41)40-16-15-39(19-25(40)18-34-2)31-27-12-14-38(29-9-5-7-22-17-23(33)10-11-26(22)29)20-28(27)35-32(36-31)42-21-24-8-6-13-37(24)3;1-4-28(40)39-17-16-38(19-24(39)18-32-2)30-26-12-15-37(29-25-10-6-5-8-22(25)11-13-33-29)20-27(26)34-31(35-30)41-21-23-9-7-14-36(23)3;1-4-29(40)39-15-14-38(19-24(39)17-32-2)30-26-11-13-37(28-18-33-16-22-8-5-6-10-25(22)28)20-27(26)34-31(35-30)41-21-23-9-7-12-36(23)3;;;/h4-5,7,9-11,17,24-25H,1,6,8,12-16,18-21H2,3H3;4-6,8,10-11,13,23-24H,1,7,9,12,14-21H2,3H3;4-6,8,10,16,18,23-24H,1,7,9,11-15,17,19-21H2,3H3;3*1H2/t24-,25?;2*23-,24?;;;/m000.../s1. The molecule has 5 aromatic heterocycles. The Labute approximate surface area is 764 Å². The fourth-order valence-corrected chi connectivity index (χ4v) is 19.2. The number of likely N-dealkylation sites (N-methyl/N-ethyl adjacent to an activating group) is 3. The number of hydrogen-bond acceptors (Lipinski definition) is 23. The average Bonchev–Trinajstić information content (AvgIpc) is 1.13. The van der Waals surface area contributed by atoms with E-state index in [1.54, 1.807) is 20.8 Å². The monoisotopic (exact) mass is 1780 g/mol. The minimum Gasteiger partial charge on any atom is -0.462 e. The number of halogens is 1. The van der Waals surface area contributed by atoms with Crippen molar-refractivity contribution in [1.82, 2.24) is 69.3 Å². The van der Waals surface area contributed by atoms with Gasteiger partial charge in [-0.25, -0.2) is 29.1 Å². The molecule has 4 aromatic carbocycles. The van der Waals surface area contributed by atoms with Gasteiger partial charge in [0.15, 0.2) is 0 Å². The molecule has 0 spiro atoms. The van der Waals surface area contributed by atoms with E-state index in [0.29, 0.717) is 135 Å².